The number of halogens is 6. The molecule has 0 spiro atoms. The molecule has 1 aliphatic heterocycles. The molecule has 0 radical (unpaired) electrons. The van der Waals surface area contributed by atoms with Gasteiger partial charge in [-0.25, -0.2) is 15.1 Å². The number of fused-ring (bicyclic) bond motifs is 1. The normalized spacial score (nSPS) is 18.6. The summed E-state index contributed by atoms with van der Waals surface area (Å²) in [6.45, 7) is 1.44. The number of hydrogen-bond donors (Lipinski definition) is 1. The number of H-pyrrole nitrogens is 1. The van der Waals surface area contributed by atoms with Crippen LogP contribution in [0.2, 0.25) is 0 Å². The molecule has 0 unspecified atom stereocenters. The van der Waals surface area contributed by atoms with E-state index in [0.717, 1.165) is 12.4 Å². The third kappa shape index (κ3) is 5.40. The Morgan fingerprint density at radius 3 is 2.29 bits per heavy atom. The third-order valence-electron chi connectivity index (χ3n) is 6.35. The Balaban J connectivity index is 1.27. The molecule has 2 aliphatic rings. The van der Waals surface area contributed by atoms with Gasteiger partial charge in [-0.3, -0.25) is 9.59 Å². The van der Waals surface area contributed by atoms with Gasteiger partial charge in [0.1, 0.15) is 5.56 Å². The topological polar surface area (TPSA) is 95.1 Å². The Labute approximate surface area is 195 Å². The van der Waals surface area contributed by atoms with Crippen LogP contribution in [0.1, 0.15) is 54.0 Å². The molecule has 8 nitrogen and oxygen atoms in total. The summed E-state index contributed by atoms with van der Waals surface area (Å²) in [5.74, 6) is -0.209. The van der Waals surface area contributed by atoms with Crippen molar-refractivity contribution in [2.75, 3.05) is 31.1 Å². The van der Waals surface area contributed by atoms with E-state index in [9.17, 15) is 35.9 Å². The van der Waals surface area contributed by atoms with Crippen LogP contribution in [0.4, 0.5) is 32.3 Å². The van der Waals surface area contributed by atoms with Gasteiger partial charge in [0, 0.05) is 50.9 Å². The van der Waals surface area contributed by atoms with Crippen molar-refractivity contribution in [2.24, 2.45) is 0 Å². The van der Waals surface area contributed by atoms with Crippen LogP contribution < -0.4 is 10.5 Å². The van der Waals surface area contributed by atoms with Gasteiger partial charge in [-0.1, -0.05) is 0 Å². The van der Waals surface area contributed by atoms with Gasteiger partial charge < -0.3 is 9.80 Å². The van der Waals surface area contributed by atoms with Crippen LogP contribution in [0.5, 0.6) is 0 Å². The minimum atomic E-state index is -4.75. The molecule has 1 N–H and O–H groups in total. The first-order valence-corrected chi connectivity index (χ1v) is 11.1. The molecule has 1 atom stereocenters. The Morgan fingerprint density at radius 2 is 1.69 bits per heavy atom. The molecule has 2 aromatic rings. The van der Waals surface area contributed by atoms with E-state index >= 15 is 0 Å². The van der Waals surface area contributed by atoms with Gasteiger partial charge >= 0.3 is 12.4 Å². The van der Waals surface area contributed by atoms with Crippen molar-refractivity contribution in [3.63, 3.8) is 0 Å². The number of rotatable bonds is 5. The number of alkyl halides is 6. The molecule has 1 aliphatic carbocycles. The second-order valence-corrected chi connectivity index (χ2v) is 8.55. The highest BCUT2D eigenvalue weighted by molar-refractivity contribution is 5.76. The maximum absolute atomic E-state index is 13.2. The van der Waals surface area contributed by atoms with Crippen LogP contribution in [0.15, 0.2) is 17.2 Å². The van der Waals surface area contributed by atoms with Crippen LogP contribution in [0, 0.1) is 0 Å². The van der Waals surface area contributed by atoms with Crippen LogP contribution >= 0.6 is 0 Å². The highest BCUT2D eigenvalue weighted by Gasteiger charge is 2.41. The number of carbonyl (C=O) groups is 1. The van der Waals surface area contributed by atoms with Crippen molar-refractivity contribution >= 4 is 11.9 Å². The van der Waals surface area contributed by atoms with E-state index in [1.807, 2.05) is 5.10 Å². The van der Waals surface area contributed by atoms with E-state index in [0.29, 0.717) is 45.4 Å². The summed E-state index contributed by atoms with van der Waals surface area (Å²) in [6, 6.07) is 0. The smallest absolute Gasteiger partial charge is 0.339 e. The molecular formula is C21H22F6N6O2. The molecule has 2 aromatic heterocycles. The van der Waals surface area contributed by atoms with Crippen molar-refractivity contribution in [3.05, 3.63) is 45.1 Å². The summed E-state index contributed by atoms with van der Waals surface area (Å²) < 4.78 is 77.7. The number of anilines is 1. The molecule has 1 saturated heterocycles. The predicted octanol–water partition coefficient (Wildman–Crippen LogP) is 3.15. The first kappa shape index (κ1) is 24.9. The van der Waals surface area contributed by atoms with E-state index in [-0.39, 0.29) is 41.9 Å². The van der Waals surface area contributed by atoms with Gasteiger partial charge in [0.2, 0.25) is 11.9 Å². The number of nitrogens with one attached hydrogen (secondary N) is 1. The van der Waals surface area contributed by atoms with E-state index in [4.69, 9.17) is 0 Å². The lowest BCUT2D eigenvalue weighted by Crippen LogP contribution is -2.49. The Kier molecular flexibility index (Phi) is 6.73. The molecule has 0 saturated carbocycles. The number of piperazine rings is 1. The quantitative estimate of drug-likeness (QED) is 0.629. The average Bonchev–Trinajstić information content (AvgIpc) is 3.20. The fourth-order valence-electron chi connectivity index (χ4n) is 4.57. The van der Waals surface area contributed by atoms with Gasteiger partial charge in [0.05, 0.1) is 11.3 Å². The van der Waals surface area contributed by atoms with Crippen molar-refractivity contribution in [2.45, 2.75) is 50.4 Å². The number of carbonyl (C=O) groups excluding carboxylic acids is 1. The summed E-state index contributed by atoms with van der Waals surface area (Å²) in [4.78, 5) is 35.1. The Bertz CT molecular complexity index is 1120. The molecule has 0 bridgehead atoms. The highest BCUT2D eigenvalue weighted by Crippen LogP contribution is 2.40. The number of nitrogens with zero attached hydrogens (tertiary/aromatic N) is 5. The Hall–Kier alpha value is -3.19. The van der Waals surface area contributed by atoms with Gasteiger partial charge in [-0.05, 0) is 31.2 Å². The van der Waals surface area contributed by atoms with Crippen molar-refractivity contribution < 1.29 is 31.1 Å². The van der Waals surface area contributed by atoms with Crippen LogP contribution in [-0.2, 0) is 23.6 Å². The Morgan fingerprint density at radius 1 is 1.03 bits per heavy atom. The number of hydrogen-bond acceptors (Lipinski definition) is 6. The summed E-state index contributed by atoms with van der Waals surface area (Å²) in [5.41, 5.74) is -3.17. The number of amides is 1. The average molecular weight is 504 g/mol. The number of aromatic nitrogens is 4. The van der Waals surface area contributed by atoms with Gasteiger partial charge in [0.15, 0.2) is 0 Å². The molecule has 35 heavy (non-hydrogen) atoms. The molecule has 1 amide bonds. The minimum Gasteiger partial charge on any atom is -0.339 e. The molecule has 14 heteroatoms. The lowest BCUT2D eigenvalue weighted by Gasteiger charge is -2.34. The van der Waals surface area contributed by atoms with E-state index in [1.165, 1.54) is 0 Å². The zero-order valence-electron chi connectivity index (χ0n) is 18.4. The van der Waals surface area contributed by atoms with Crippen molar-refractivity contribution in [3.8, 4) is 0 Å². The van der Waals surface area contributed by atoms with Gasteiger partial charge in [-0.2, -0.15) is 31.4 Å². The summed E-state index contributed by atoms with van der Waals surface area (Å²) >= 11 is 0. The van der Waals surface area contributed by atoms with Gasteiger partial charge in [0.25, 0.3) is 5.56 Å². The minimum absolute atomic E-state index is 0.0563. The maximum Gasteiger partial charge on any atom is 0.422 e. The van der Waals surface area contributed by atoms with Crippen LogP contribution in [-0.4, -0.2) is 57.2 Å². The zero-order valence-corrected chi connectivity index (χ0v) is 18.4. The largest absolute Gasteiger partial charge is 0.422 e. The molecule has 1 fully saturated rings. The fraction of sp³-hybridized carbons (Fsp3) is 0.571. The van der Waals surface area contributed by atoms with Crippen LogP contribution in [0.3, 0.4) is 0 Å². The first-order valence-electron chi connectivity index (χ1n) is 11.1. The lowest BCUT2D eigenvalue weighted by molar-refractivity contribution is -0.139. The summed E-state index contributed by atoms with van der Waals surface area (Å²) in [7, 11) is 0. The molecular weight excluding hydrogens is 482 g/mol. The summed E-state index contributed by atoms with van der Waals surface area (Å²) in [6.07, 6.45) is -6.14. The fourth-order valence-corrected chi connectivity index (χ4v) is 4.57. The van der Waals surface area contributed by atoms with E-state index in [2.05, 4.69) is 15.1 Å². The standard InChI is InChI=1S/C21H22F6N6O2/c22-20(23,24)13-10-28-19(29-11-13)33-8-6-32(7-9-33)15(34)3-1-2-12-4-5-14-16(21(25,26)27)18(35)31-30-17(12)14/h10-12H,1-9H2,(H,31,35)/t12-/m0/s1. The van der Waals surface area contributed by atoms with E-state index < -0.39 is 29.0 Å². The van der Waals surface area contributed by atoms with Crippen LogP contribution in [0.25, 0.3) is 0 Å². The third-order valence-corrected chi connectivity index (χ3v) is 6.35. The van der Waals surface area contributed by atoms with E-state index in [1.54, 1.807) is 9.80 Å². The second-order valence-electron chi connectivity index (χ2n) is 8.55. The first-order chi connectivity index (χ1) is 16.4. The zero-order chi connectivity index (χ0) is 25.4. The molecule has 190 valence electrons. The maximum atomic E-state index is 13.2. The lowest BCUT2D eigenvalue weighted by atomic mass is 9.98. The molecule has 0 aromatic carbocycles. The number of aromatic amines is 1. The molecule has 4 rings (SSSR count). The van der Waals surface area contributed by atoms with Gasteiger partial charge in [-0.15, -0.1) is 0 Å². The SMILES string of the molecule is O=C(CCC[C@H]1CCc2c1n[nH]c(=O)c2C(F)(F)F)N1CCN(c2ncc(C(F)(F)F)cn2)CC1. The summed E-state index contributed by atoms with van der Waals surface area (Å²) in [5, 5.41) is 5.79. The monoisotopic (exact) mass is 504 g/mol. The second kappa shape index (κ2) is 9.46. The molecule has 3 heterocycles. The highest BCUT2D eigenvalue weighted by atomic mass is 19.4. The van der Waals surface area contributed by atoms with Crippen molar-refractivity contribution in [1.82, 2.24) is 25.1 Å². The predicted molar refractivity (Wildman–Crippen MR) is 111 cm³/mol. The van der Waals surface area contributed by atoms with Crippen molar-refractivity contribution in [1.29, 1.82) is 0 Å².